The number of amides is 2. The van der Waals surface area contributed by atoms with E-state index in [0.29, 0.717) is 26.2 Å². The van der Waals surface area contributed by atoms with E-state index in [9.17, 15) is 9.59 Å². The van der Waals surface area contributed by atoms with Gasteiger partial charge >= 0.3 is 0 Å². The van der Waals surface area contributed by atoms with Crippen molar-refractivity contribution in [3.8, 4) is 0 Å². The summed E-state index contributed by atoms with van der Waals surface area (Å²) in [4.78, 5) is 26.8. The van der Waals surface area contributed by atoms with Gasteiger partial charge < -0.3 is 20.3 Å². The molecule has 3 rings (SSSR count). The number of piperidine rings is 1. The molecule has 2 heterocycles. The van der Waals surface area contributed by atoms with Crippen molar-refractivity contribution >= 4 is 29.9 Å². The summed E-state index contributed by atoms with van der Waals surface area (Å²) in [6.07, 6.45) is 2.13. The normalized spacial score (nSPS) is 23.4. The number of benzene rings is 1. The molecule has 0 radical (unpaired) electrons. The smallest absolute Gasteiger partial charge is 0.229 e. The molecule has 6 nitrogen and oxygen atoms in total. The van der Waals surface area contributed by atoms with Gasteiger partial charge in [0.25, 0.3) is 0 Å². The van der Waals surface area contributed by atoms with Gasteiger partial charge in [0, 0.05) is 37.8 Å². The number of halogens is 1. The summed E-state index contributed by atoms with van der Waals surface area (Å²) >= 11 is 0. The van der Waals surface area contributed by atoms with Gasteiger partial charge in [-0.3, -0.25) is 9.59 Å². The van der Waals surface area contributed by atoms with E-state index in [-0.39, 0.29) is 36.2 Å². The zero-order valence-electron chi connectivity index (χ0n) is 14.3. The highest BCUT2D eigenvalue weighted by Gasteiger charge is 2.29. The molecule has 2 unspecified atom stereocenters. The molecule has 2 saturated heterocycles. The van der Waals surface area contributed by atoms with E-state index >= 15 is 0 Å². The van der Waals surface area contributed by atoms with Crippen molar-refractivity contribution in [3.63, 3.8) is 0 Å². The van der Waals surface area contributed by atoms with Gasteiger partial charge in [0.05, 0.1) is 19.1 Å². The topological polar surface area (TPSA) is 70.7 Å². The van der Waals surface area contributed by atoms with Crippen molar-refractivity contribution in [3.05, 3.63) is 30.3 Å². The molecule has 1 aromatic rings. The molecule has 2 aliphatic heterocycles. The molecule has 25 heavy (non-hydrogen) atoms. The second-order valence-corrected chi connectivity index (χ2v) is 6.46. The summed E-state index contributed by atoms with van der Waals surface area (Å²) in [6, 6.07) is 9.54. The predicted octanol–water partition coefficient (Wildman–Crippen LogP) is 1.66. The van der Waals surface area contributed by atoms with Crippen molar-refractivity contribution in [2.75, 3.05) is 38.2 Å². The van der Waals surface area contributed by atoms with Crippen LogP contribution >= 0.6 is 12.4 Å². The number of likely N-dealkylation sites (tertiary alicyclic amines) is 1. The molecule has 0 spiro atoms. The lowest BCUT2D eigenvalue weighted by Gasteiger charge is -2.33. The number of hydrogen-bond donors (Lipinski definition) is 2. The third-order valence-electron chi connectivity index (χ3n) is 4.61. The Kier molecular flexibility index (Phi) is 7.68. The van der Waals surface area contributed by atoms with Gasteiger partial charge in [-0.2, -0.15) is 0 Å². The highest BCUT2D eigenvalue weighted by Crippen LogP contribution is 2.20. The minimum Gasteiger partial charge on any atom is -0.378 e. The number of carbonyl (C=O) groups is 2. The van der Waals surface area contributed by atoms with Crippen molar-refractivity contribution in [1.82, 2.24) is 10.2 Å². The van der Waals surface area contributed by atoms with Gasteiger partial charge in [-0.05, 0) is 25.0 Å². The van der Waals surface area contributed by atoms with E-state index in [2.05, 4.69) is 10.6 Å². The number of para-hydroxylation sites is 1. The van der Waals surface area contributed by atoms with Crippen LogP contribution in [-0.2, 0) is 14.3 Å². The lowest BCUT2D eigenvalue weighted by Crippen LogP contribution is -2.48. The van der Waals surface area contributed by atoms with Crippen LogP contribution in [0.25, 0.3) is 0 Å². The molecular weight excluding hydrogens is 342 g/mol. The van der Waals surface area contributed by atoms with E-state index in [1.165, 1.54) is 0 Å². The van der Waals surface area contributed by atoms with Gasteiger partial charge in [-0.1, -0.05) is 18.2 Å². The first-order chi connectivity index (χ1) is 11.7. The number of ether oxygens (including phenoxy) is 1. The van der Waals surface area contributed by atoms with Crippen LogP contribution in [0.3, 0.4) is 0 Å². The summed E-state index contributed by atoms with van der Waals surface area (Å²) < 4.78 is 5.40. The summed E-state index contributed by atoms with van der Waals surface area (Å²) in [5.74, 6) is -0.0356. The Morgan fingerprint density at radius 1 is 1.28 bits per heavy atom. The standard InChI is InChI=1S/C18H25N3O3.ClH/c22-17(11-16-13-24-10-8-19-16)21-9-4-5-14(12-21)18(23)20-15-6-2-1-3-7-15;/h1-3,6-7,14,16,19H,4-5,8-13H2,(H,20,23);1H. The number of hydrogen-bond acceptors (Lipinski definition) is 4. The minimum absolute atomic E-state index is 0. The number of rotatable bonds is 4. The maximum absolute atomic E-state index is 12.5. The Balaban J connectivity index is 0.00000225. The molecule has 2 aliphatic rings. The Morgan fingerprint density at radius 2 is 2.08 bits per heavy atom. The van der Waals surface area contributed by atoms with Gasteiger partial charge in [-0.25, -0.2) is 0 Å². The first kappa shape index (κ1) is 19.7. The number of carbonyl (C=O) groups excluding carboxylic acids is 2. The summed E-state index contributed by atoms with van der Waals surface area (Å²) in [5.41, 5.74) is 0.800. The SMILES string of the molecule is Cl.O=C(Nc1ccccc1)C1CCCN(C(=O)CC2COCCN2)C1. The summed E-state index contributed by atoms with van der Waals surface area (Å²) in [5, 5.41) is 6.25. The average Bonchev–Trinajstić information content (AvgIpc) is 2.63. The van der Waals surface area contributed by atoms with E-state index < -0.39 is 0 Å². The van der Waals surface area contributed by atoms with E-state index in [1.54, 1.807) is 0 Å². The summed E-state index contributed by atoms with van der Waals surface area (Å²) in [6.45, 7) is 3.32. The maximum Gasteiger partial charge on any atom is 0.229 e. The first-order valence-corrected chi connectivity index (χ1v) is 8.67. The average molecular weight is 368 g/mol. The molecule has 7 heteroatoms. The molecule has 0 aliphatic carbocycles. The fourth-order valence-corrected chi connectivity index (χ4v) is 3.27. The van der Waals surface area contributed by atoms with E-state index in [0.717, 1.165) is 31.6 Å². The minimum atomic E-state index is -0.140. The Morgan fingerprint density at radius 3 is 2.80 bits per heavy atom. The zero-order valence-corrected chi connectivity index (χ0v) is 15.1. The van der Waals surface area contributed by atoms with Crippen LogP contribution in [0.5, 0.6) is 0 Å². The number of anilines is 1. The number of nitrogens with zero attached hydrogens (tertiary/aromatic N) is 1. The van der Waals surface area contributed by atoms with Gasteiger partial charge in [0.2, 0.25) is 11.8 Å². The molecule has 1 aromatic carbocycles. The van der Waals surface area contributed by atoms with Crippen molar-refractivity contribution in [2.24, 2.45) is 5.92 Å². The van der Waals surface area contributed by atoms with Crippen LogP contribution in [0.2, 0.25) is 0 Å². The van der Waals surface area contributed by atoms with Crippen LogP contribution in [0.15, 0.2) is 30.3 Å². The molecule has 2 atom stereocenters. The maximum atomic E-state index is 12.5. The van der Waals surface area contributed by atoms with Crippen LogP contribution in [0.4, 0.5) is 5.69 Å². The number of nitrogens with one attached hydrogen (secondary N) is 2. The second-order valence-electron chi connectivity index (χ2n) is 6.46. The number of morpholine rings is 1. The van der Waals surface area contributed by atoms with Crippen LogP contribution in [0.1, 0.15) is 19.3 Å². The van der Waals surface area contributed by atoms with Crippen molar-refractivity contribution in [2.45, 2.75) is 25.3 Å². The molecule has 0 saturated carbocycles. The van der Waals surface area contributed by atoms with Crippen LogP contribution in [0, 0.1) is 5.92 Å². The predicted molar refractivity (Wildman–Crippen MR) is 98.9 cm³/mol. The molecular formula is C18H26ClN3O3. The first-order valence-electron chi connectivity index (χ1n) is 8.67. The largest absolute Gasteiger partial charge is 0.378 e. The zero-order chi connectivity index (χ0) is 16.8. The Bertz CT molecular complexity index is 564. The van der Waals surface area contributed by atoms with Gasteiger partial charge in [0.1, 0.15) is 0 Å². The quantitative estimate of drug-likeness (QED) is 0.849. The molecule has 2 amide bonds. The Labute approximate surface area is 154 Å². The third kappa shape index (κ3) is 5.70. The second kappa shape index (κ2) is 9.75. The van der Waals surface area contributed by atoms with Crippen molar-refractivity contribution in [1.29, 1.82) is 0 Å². The fourth-order valence-electron chi connectivity index (χ4n) is 3.27. The lowest BCUT2D eigenvalue weighted by molar-refractivity contribution is -0.135. The highest BCUT2D eigenvalue weighted by molar-refractivity contribution is 5.93. The molecule has 0 aromatic heterocycles. The van der Waals surface area contributed by atoms with Crippen molar-refractivity contribution < 1.29 is 14.3 Å². The fraction of sp³-hybridized carbons (Fsp3) is 0.556. The monoisotopic (exact) mass is 367 g/mol. The van der Waals surface area contributed by atoms with Crippen LogP contribution in [-0.4, -0.2) is 55.6 Å². The Hall–Kier alpha value is -1.63. The van der Waals surface area contributed by atoms with E-state index in [4.69, 9.17) is 4.74 Å². The third-order valence-corrected chi connectivity index (χ3v) is 4.61. The van der Waals surface area contributed by atoms with Gasteiger partial charge in [0.15, 0.2) is 0 Å². The summed E-state index contributed by atoms with van der Waals surface area (Å²) in [7, 11) is 0. The van der Waals surface area contributed by atoms with Crippen LogP contribution < -0.4 is 10.6 Å². The molecule has 2 fully saturated rings. The van der Waals surface area contributed by atoms with E-state index in [1.807, 2.05) is 35.2 Å². The van der Waals surface area contributed by atoms with Gasteiger partial charge in [-0.15, -0.1) is 12.4 Å². The molecule has 2 N–H and O–H groups in total. The highest BCUT2D eigenvalue weighted by atomic mass is 35.5. The lowest BCUT2D eigenvalue weighted by atomic mass is 9.96. The molecule has 0 bridgehead atoms. The molecule has 138 valence electrons.